The maximum absolute atomic E-state index is 6.34. The topological polar surface area (TPSA) is 56.7 Å². The molecule has 0 spiro atoms. The molecule has 0 aliphatic rings. The van der Waals surface area contributed by atoms with E-state index < -0.39 is 0 Å². The van der Waals surface area contributed by atoms with Gasteiger partial charge in [0.2, 0.25) is 0 Å². The van der Waals surface area contributed by atoms with E-state index in [1.165, 1.54) is 5.39 Å². The molecule has 1 unspecified atom stereocenters. The summed E-state index contributed by atoms with van der Waals surface area (Å²) in [6, 6.07) is 10.1. The second-order valence-electron chi connectivity index (χ2n) is 4.93. The molecule has 0 aliphatic carbocycles. The molecule has 2 N–H and O–H groups in total. The highest BCUT2D eigenvalue weighted by molar-refractivity contribution is 5.84. The molecule has 0 amide bonds. The molecule has 3 aromatic rings. The molecule has 4 heteroatoms. The zero-order valence-electron chi connectivity index (χ0n) is 11.5. The number of aromatic nitrogens is 3. The Morgan fingerprint density at radius 1 is 1.25 bits per heavy atom. The Balaban J connectivity index is 1.90. The highest BCUT2D eigenvalue weighted by atomic mass is 15.3. The zero-order chi connectivity index (χ0) is 13.9. The van der Waals surface area contributed by atoms with E-state index in [4.69, 9.17) is 5.73 Å². The van der Waals surface area contributed by atoms with Crippen LogP contribution >= 0.6 is 0 Å². The van der Waals surface area contributed by atoms with Crippen molar-refractivity contribution in [1.82, 2.24) is 14.8 Å². The summed E-state index contributed by atoms with van der Waals surface area (Å²) in [6.45, 7) is 2.95. The van der Waals surface area contributed by atoms with Crippen molar-refractivity contribution in [2.75, 3.05) is 0 Å². The molecular formula is C16H18N4. The number of nitrogens with two attached hydrogens (primary N) is 1. The number of aryl methyl sites for hydroxylation is 1. The number of benzene rings is 1. The lowest BCUT2D eigenvalue weighted by molar-refractivity contribution is 0.656. The number of fused-ring (bicyclic) bond motifs is 1. The van der Waals surface area contributed by atoms with Crippen molar-refractivity contribution >= 4 is 10.8 Å². The second kappa shape index (κ2) is 5.43. The van der Waals surface area contributed by atoms with Gasteiger partial charge in [0.05, 0.1) is 17.9 Å². The Bertz CT molecular complexity index is 712. The van der Waals surface area contributed by atoms with Crippen molar-refractivity contribution in [3.8, 4) is 0 Å². The van der Waals surface area contributed by atoms with Crippen molar-refractivity contribution in [3.05, 3.63) is 60.2 Å². The quantitative estimate of drug-likeness (QED) is 0.790. The third-order valence-electron chi connectivity index (χ3n) is 3.52. The maximum atomic E-state index is 6.34. The fourth-order valence-corrected chi connectivity index (χ4v) is 2.47. The summed E-state index contributed by atoms with van der Waals surface area (Å²) in [6.07, 6.45) is 6.51. The molecule has 1 atom stereocenters. The smallest absolute Gasteiger partial charge is 0.0652 e. The molecule has 1 aromatic carbocycles. The normalized spacial score (nSPS) is 12.7. The first-order valence-electron chi connectivity index (χ1n) is 6.88. The first-order chi connectivity index (χ1) is 9.78. The molecule has 3 rings (SSSR count). The molecule has 4 nitrogen and oxygen atoms in total. The Kier molecular flexibility index (Phi) is 3.48. The molecule has 0 bridgehead atoms. The van der Waals surface area contributed by atoms with Gasteiger partial charge in [-0.25, -0.2) is 0 Å². The summed E-state index contributed by atoms with van der Waals surface area (Å²) in [5, 5.41) is 6.59. The highest BCUT2D eigenvalue weighted by Gasteiger charge is 2.13. The van der Waals surface area contributed by atoms with Gasteiger partial charge in [-0.05, 0) is 30.4 Å². The van der Waals surface area contributed by atoms with Gasteiger partial charge in [0.25, 0.3) is 0 Å². The lowest BCUT2D eigenvalue weighted by atomic mass is 10.0. The van der Waals surface area contributed by atoms with Gasteiger partial charge in [-0.1, -0.05) is 24.3 Å². The van der Waals surface area contributed by atoms with Gasteiger partial charge in [0, 0.05) is 24.3 Å². The maximum Gasteiger partial charge on any atom is 0.0652 e. The summed E-state index contributed by atoms with van der Waals surface area (Å²) in [4.78, 5) is 4.48. The van der Waals surface area contributed by atoms with Crippen LogP contribution in [0.25, 0.3) is 10.8 Å². The first kappa shape index (κ1) is 12.8. The van der Waals surface area contributed by atoms with Crippen LogP contribution in [-0.4, -0.2) is 14.8 Å². The van der Waals surface area contributed by atoms with Crippen LogP contribution < -0.4 is 5.73 Å². The van der Waals surface area contributed by atoms with Gasteiger partial charge in [-0.3, -0.25) is 9.67 Å². The van der Waals surface area contributed by atoms with E-state index in [0.717, 1.165) is 29.6 Å². The van der Waals surface area contributed by atoms with E-state index in [0.29, 0.717) is 0 Å². The lowest BCUT2D eigenvalue weighted by Gasteiger charge is -2.12. The number of nitrogens with zero attached hydrogens (tertiary/aromatic N) is 3. The monoisotopic (exact) mass is 266 g/mol. The van der Waals surface area contributed by atoms with E-state index in [1.54, 1.807) is 0 Å². The number of hydrogen-bond donors (Lipinski definition) is 1. The van der Waals surface area contributed by atoms with Gasteiger partial charge in [-0.2, -0.15) is 5.10 Å². The largest absolute Gasteiger partial charge is 0.322 e. The average molecular weight is 266 g/mol. The van der Waals surface area contributed by atoms with Crippen LogP contribution in [0.5, 0.6) is 0 Å². The summed E-state index contributed by atoms with van der Waals surface area (Å²) in [5.41, 5.74) is 8.44. The van der Waals surface area contributed by atoms with Crippen molar-refractivity contribution in [2.45, 2.75) is 25.9 Å². The Morgan fingerprint density at radius 3 is 2.90 bits per heavy atom. The van der Waals surface area contributed by atoms with Crippen molar-refractivity contribution in [3.63, 3.8) is 0 Å². The number of rotatable bonds is 4. The molecule has 0 saturated carbocycles. The molecule has 20 heavy (non-hydrogen) atoms. The van der Waals surface area contributed by atoms with Gasteiger partial charge in [0.1, 0.15) is 0 Å². The zero-order valence-corrected chi connectivity index (χ0v) is 11.5. The standard InChI is InChI=1S/C16H18N4/c1-2-20-11-12(10-19-20)9-15(17)16-14-6-4-3-5-13(14)7-8-18-16/h3-8,10-11,15H,2,9,17H2,1H3. The van der Waals surface area contributed by atoms with E-state index in [-0.39, 0.29) is 6.04 Å². The average Bonchev–Trinajstić information content (AvgIpc) is 2.94. The van der Waals surface area contributed by atoms with Crippen LogP contribution in [0.1, 0.15) is 24.2 Å². The Labute approximate surface area is 118 Å². The van der Waals surface area contributed by atoms with Crippen LogP contribution in [0.15, 0.2) is 48.9 Å². The molecule has 102 valence electrons. The third-order valence-corrected chi connectivity index (χ3v) is 3.52. The molecule has 0 fully saturated rings. The fourth-order valence-electron chi connectivity index (χ4n) is 2.47. The molecule has 2 aromatic heterocycles. The van der Waals surface area contributed by atoms with Crippen LogP contribution in [0, 0.1) is 0 Å². The van der Waals surface area contributed by atoms with Crippen LogP contribution in [0.4, 0.5) is 0 Å². The van der Waals surface area contributed by atoms with Crippen LogP contribution in [-0.2, 0) is 13.0 Å². The fraction of sp³-hybridized carbons (Fsp3) is 0.250. The van der Waals surface area contributed by atoms with Gasteiger partial charge in [-0.15, -0.1) is 0 Å². The summed E-state index contributed by atoms with van der Waals surface area (Å²) >= 11 is 0. The third kappa shape index (κ3) is 2.42. The highest BCUT2D eigenvalue weighted by Crippen LogP contribution is 2.23. The molecule has 0 saturated heterocycles. The van der Waals surface area contributed by atoms with Crippen LogP contribution in [0.3, 0.4) is 0 Å². The minimum Gasteiger partial charge on any atom is -0.322 e. The van der Waals surface area contributed by atoms with Crippen molar-refractivity contribution < 1.29 is 0 Å². The van der Waals surface area contributed by atoms with Gasteiger partial charge >= 0.3 is 0 Å². The minimum absolute atomic E-state index is 0.115. The van der Waals surface area contributed by atoms with Crippen molar-refractivity contribution in [2.24, 2.45) is 5.73 Å². The predicted molar refractivity (Wildman–Crippen MR) is 80.3 cm³/mol. The number of pyridine rings is 1. The van der Waals surface area contributed by atoms with Gasteiger partial charge in [0.15, 0.2) is 0 Å². The molecule has 0 radical (unpaired) electrons. The van der Waals surface area contributed by atoms with Crippen molar-refractivity contribution in [1.29, 1.82) is 0 Å². The van der Waals surface area contributed by atoms with E-state index >= 15 is 0 Å². The predicted octanol–water partition coefficient (Wildman–Crippen LogP) is 2.69. The lowest BCUT2D eigenvalue weighted by Crippen LogP contribution is -2.15. The molecular weight excluding hydrogens is 248 g/mol. The Morgan fingerprint density at radius 2 is 2.10 bits per heavy atom. The minimum atomic E-state index is -0.115. The van der Waals surface area contributed by atoms with Crippen LogP contribution in [0.2, 0.25) is 0 Å². The molecule has 2 heterocycles. The summed E-state index contributed by atoms with van der Waals surface area (Å²) in [7, 11) is 0. The number of hydrogen-bond acceptors (Lipinski definition) is 3. The van der Waals surface area contributed by atoms with E-state index in [1.807, 2.05) is 41.5 Å². The SMILES string of the molecule is CCn1cc(CC(N)c2nccc3ccccc23)cn1. The summed E-state index contributed by atoms with van der Waals surface area (Å²) < 4.78 is 1.92. The molecule has 0 aliphatic heterocycles. The second-order valence-corrected chi connectivity index (χ2v) is 4.93. The Hall–Kier alpha value is -2.20. The first-order valence-corrected chi connectivity index (χ1v) is 6.88. The van der Waals surface area contributed by atoms with E-state index in [2.05, 4.69) is 29.1 Å². The summed E-state index contributed by atoms with van der Waals surface area (Å²) in [5.74, 6) is 0. The van der Waals surface area contributed by atoms with E-state index in [9.17, 15) is 0 Å². The van der Waals surface area contributed by atoms with Gasteiger partial charge < -0.3 is 5.73 Å².